The molecule has 5 rings (SSSR count). The first-order valence-corrected chi connectivity index (χ1v) is 12.2. The summed E-state index contributed by atoms with van der Waals surface area (Å²) in [5.41, 5.74) is 3.52. The molecule has 6 heteroatoms. The number of amides is 1. The molecule has 33 heavy (non-hydrogen) atoms. The number of hydrogen-bond donors (Lipinski definition) is 1. The van der Waals surface area contributed by atoms with Gasteiger partial charge in [0.05, 0.1) is 17.1 Å². The average molecular weight is 447 g/mol. The van der Waals surface area contributed by atoms with Gasteiger partial charge in [-0.3, -0.25) is 9.69 Å². The zero-order valence-electron chi connectivity index (χ0n) is 19.6. The number of nitrogens with one attached hydrogen (secondary N) is 1. The van der Waals surface area contributed by atoms with Gasteiger partial charge in [-0.15, -0.1) is 0 Å². The Kier molecular flexibility index (Phi) is 6.47. The van der Waals surface area contributed by atoms with E-state index in [1.54, 1.807) is 7.11 Å². The standard InChI is InChI=1S/C27H34N4O2/c1-19-28-25-10-6-7-11-26(25)31(19)23-16-21-12-13-22(17-23)30(21)15-14-24(29-27(32)18-33-2)20-8-4-3-5-9-20/h3-11,21-24H,12-18H2,1-2H3,(H,29,32)/t21-,22+,23?,24-/m0/s1. The van der Waals surface area contributed by atoms with Gasteiger partial charge in [0.1, 0.15) is 12.4 Å². The highest BCUT2D eigenvalue weighted by Crippen LogP contribution is 2.42. The third-order valence-corrected chi connectivity index (χ3v) is 7.49. The number of aryl methyl sites for hydroxylation is 1. The maximum atomic E-state index is 12.3. The molecular formula is C27H34N4O2. The van der Waals surface area contributed by atoms with E-state index >= 15 is 0 Å². The molecule has 3 aromatic rings. The van der Waals surface area contributed by atoms with Crippen molar-refractivity contribution in [1.82, 2.24) is 19.8 Å². The highest BCUT2D eigenvalue weighted by Gasteiger charge is 2.41. The van der Waals surface area contributed by atoms with E-state index in [9.17, 15) is 4.79 Å². The predicted octanol–water partition coefficient (Wildman–Crippen LogP) is 4.41. The first kappa shape index (κ1) is 22.1. The zero-order valence-corrected chi connectivity index (χ0v) is 19.6. The molecule has 2 aliphatic heterocycles. The number of benzene rings is 2. The monoisotopic (exact) mass is 446 g/mol. The molecule has 1 N–H and O–H groups in total. The Labute approximate surface area is 195 Å². The Morgan fingerprint density at radius 2 is 1.76 bits per heavy atom. The maximum absolute atomic E-state index is 12.3. The van der Waals surface area contributed by atoms with Gasteiger partial charge in [-0.05, 0) is 56.7 Å². The number of carbonyl (C=O) groups excluding carboxylic acids is 1. The molecule has 2 aliphatic rings. The Balaban J connectivity index is 1.28. The Morgan fingerprint density at radius 1 is 1.06 bits per heavy atom. The number of aromatic nitrogens is 2. The van der Waals surface area contributed by atoms with Gasteiger partial charge in [0, 0.05) is 31.8 Å². The molecule has 0 radical (unpaired) electrons. The van der Waals surface area contributed by atoms with Crippen LogP contribution in [0.1, 0.15) is 55.6 Å². The molecule has 174 valence electrons. The van der Waals surface area contributed by atoms with Gasteiger partial charge in [0.2, 0.25) is 5.91 Å². The first-order chi connectivity index (χ1) is 16.1. The second-order valence-corrected chi connectivity index (χ2v) is 9.52. The van der Waals surface area contributed by atoms with Crippen LogP contribution < -0.4 is 5.32 Å². The number of hydrogen-bond acceptors (Lipinski definition) is 4. The Morgan fingerprint density at radius 3 is 2.48 bits per heavy atom. The normalized spacial score (nSPS) is 23.6. The molecular weight excluding hydrogens is 412 g/mol. The molecule has 4 atom stereocenters. The summed E-state index contributed by atoms with van der Waals surface area (Å²) in [5.74, 6) is 1.06. The van der Waals surface area contributed by atoms with E-state index in [0.717, 1.165) is 29.9 Å². The lowest BCUT2D eigenvalue weighted by atomic mass is 9.95. The van der Waals surface area contributed by atoms with Crippen molar-refractivity contribution < 1.29 is 9.53 Å². The van der Waals surface area contributed by atoms with Gasteiger partial charge in [-0.25, -0.2) is 4.98 Å². The van der Waals surface area contributed by atoms with Gasteiger partial charge in [0.15, 0.2) is 0 Å². The second kappa shape index (κ2) is 9.65. The number of rotatable bonds is 8. The van der Waals surface area contributed by atoms with Crippen molar-refractivity contribution in [3.8, 4) is 0 Å². The molecule has 3 heterocycles. The van der Waals surface area contributed by atoms with Crippen molar-refractivity contribution in [2.24, 2.45) is 0 Å². The molecule has 1 amide bonds. The van der Waals surface area contributed by atoms with Crippen molar-refractivity contribution in [1.29, 1.82) is 0 Å². The maximum Gasteiger partial charge on any atom is 0.246 e. The van der Waals surface area contributed by atoms with Crippen molar-refractivity contribution in [3.63, 3.8) is 0 Å². The quantitative estimate of drug-likeness (QED) is 0.557. The van der Waals surface area contributed by atoms with Crippen LogP contribution in [0, 0.1) is 6.92 Å². The largest absolute Gasteiger partial charge is 0.375 e. The number of ether oxygens (including phenoxy) is 1. The summed E-state index contributed by atoms with van der Waals surface area (Å²) in [6.07, 6.45) is 5.77. The molecule has 2 fully saturated rings. The lowest BCUT2D eigenvalue weighted by molar-refractivity contribution is -0.125. The van der Waals surface area contributed by atoms with Crippen LogP contribution in [0.2, 0.25) is 0 Å². The molecule has 0 spiro atoms. The lowest BCUT2D eigenvalue weighted by Gasteiger charge is -2.40. The molecule has 2 aromatic carbocycles. The van der Waals surface area contributed by atoms with E-state index in [4.69, 9.17) is 9.72 Å². The van der Waals surface area contributed by atoms with Crippen molar-refractivity contribution in [3.05, 3.63) is 66.0 Å². The fraction of sp³-hybridized carbons (Fsp3) is 0.481. The molecule has 1 unspecified atom stereocenters. The summed E-state index contributed by atoms with van der Waals surface area (Å²) >= 11 is 0. The van der Waals surface area contributed by atoms with Crippen LogP contribution >= 0.6 is 0 Å². The molecule has 2 bridgehead atoms. The fourth-order valence-electron chi connectivity index (χ4n) is 6.10. The van der Waals surface area contributed by atoms with Gasteiger partial charge in [0.25, 0.3) is 0 Å². The number of imidazole rings is 1. The molecule has 0 saturated carbocycles. The summed E-state index contributed by atoms with van der Waals surface area (Å²) in [6, 6.07) is 20.5. The van der Waals surface area contributed by atoms with Gasteiger partial charge < -0.3 is 14.6 Å². The van der Waals surface area contributed by atoms with E-state index in [1.807, 2.05) is 18.2 Å². The number of para-hydroxylation sites is 2. The SMILES string of the molecule is COCC(=O)N[C@@H](CCN1[C@@H]2CC[C@H]1CC(n1c(C)nc3ccccc31)C2)c1ccccc1. The van der Waals surface area contributed by atoms with Gasteiger partial charge in [-0.1, -0.05) is 42.5 Å². The first-order valence-electron chi connectivity index (χ1n) is 12.2. The number of methoxy groups -OCH3 is 1. The molecule has 0 aliphatic carbocycles. The highest BCUT2D eigenvalue weighted by atomic mass is 16.5. The minimum atomic E-state index is -0.0597. The van der Waals surface area contributed by atoms with Crippen molar-refractivity contribution in [2.75, 3.05) is 20.3 Å². The topological polar surface area (TPSA) is 59.4 Å². The third kappa shape index (κ3) is 4.55. The van der Waals surface area contributed by atoms with Crippen LogP contribution in [0.15, 0.2) is 54.6 Å². The number of piperidine rings is 1. The smallest absolute Gasteiger partial charge is 0.246 e. The minimum Gasteiger partial charge on any atom is -0.375 e. The van der Waals surface area contributed by atoms with Crippen LogP contribution in [-0.4, -0.2) is 52.7 Å². The fourth-order valence-corrected chi connectivity index (χ4v) is 6.10. The van der Waals surface area contributed by atoms with E-state index in [0.29, 0.717) is 18.1 Å². The van der Waals surface area contributed by atoms with E-state index < -0.39 is 0 Å². The van der Waals surface area contributed by atoms with Crippen molar-refractivity contribution in [2.45, 2.75) is 63.2 Å². The van der Waals surface area contributed by atoms with E-state index in [-0.39, 0.29) is 18.6 Å². The van der Waals surface area contributed by atoms with Gasteiger partial charge >= 0.3 is 0 Å². The molecule has 6 nitrogen and oxygen atoms in total. The van der Waals surface area contributed by atoms with Crippen LogP contribution in [0.3, 0.4) is 0 Å². The number of nitrogens with zero attached hydrogens (tertiary/aromatic N) is 3. The third-order valence-electron chi connectivity index (χ3n) is 7.49. The Hall–Kier alpha value is -2.70. The summed E-state index contributed by atoms with van der Waals surface area (Å²) in [5, 5.41) is 3.18. The van der Waals surface area contributed by atoms with Crippen LogP contribution in [0.25, 0.3) is 11.0 Å². The van der Waals surface area contributed by atoms with Gasteiger partial charge in [-0.2, -0.15) is 0 Å². The summed E-state index contributed by atoms with van der Waals surface area (Å²) in [6.45, 7) is 3.23. The number of carbonyl (C=O) groups is 1. The predicted molar refractivity (Wildman–Crippen MR) is 130 cm³/mol. The Bertz CT molecular complexity index is 1080. The molecule has 2 saturated heterocycles. The van der Waals surface area contributed by atoms with E-state index in [2.05, 4.69) is 58.1 Å². The van der Waals surface area contributed by atoms with Crippen LogP contribution in [0.4, 0.5) is 0 Å². The zero-order chi connectivity index (χ0) is 22.8. The summed E-state index contributed by atoms with van der Waals surface area (Å²) in [7, 11) is 1.56. The summed E-state index contributed by atoms with van der Waals surface area (Å²) < 4.78 is 7.52. The minimum absolute atomic E-state index is 0.00538. The average Bonchev–Trinajstić information content (AvgIpc) is 3.28. The van der Waals surface area contributed by atoms with E-state index in [1.165, 1.54) is 31.2 Å². The number of fused-ring (bicyclic) bond motifs is 3. The second-order valence-electron chi connectivity index (χ2n) is 9.52. The van der Waals surface area contributed by atoms with Crippen molar-refractivity contribution >= 4 is 16.9 Å². The highest BCUT2D eigenvalue weighted by molar-refractivity contribution is 5.77. The van der Waals surface area contributed by atoms with Crippen LogP contribution in [0.5, 0.6) is 0 Å². The van der Waals surface area contributed by atoms with Crippen LogP contribution in [-0.2, 0) is 9.53 Å². The summed E-state index contributed by atoms with van der Waals surface area (Å²) in [4.78, 5) is 19.8. The lowest BCUT2D eigenvalue weighted by Crippen LogP contribution is -2.45. The molecule has 1 aromatic heterocycles.